The van der Waals surface area contributed by atoms with Crippen LogP contribution < -0.4 is 5.32 Å². The molecule has 4 nitrogen and oxygen atoms in total. The number of likely N-dealkylation sites (N-methyl/N-ethyl adjacent to an activating group) is 1. The van der Waals surface area contributed by atoms with Crippen molar-refractivity contribution in [2.24, 2.45) is 0 Å². The first-order valence-electron chi connectivity index (χ1n) is 7.26. The van der Waals surface area contributed by atoms with Gasteiger partial charge in [-0.3, -0.25) is 4.79 Å². The number of carbonyl (C=O) groups is 1. The number of hydrogen-bond acceptors (Lipinski definition) is 3. The summed E-state index contributed by atoms with van der Waals surface area (Å²) in [7, 11) is 1.98. The zero-order valence-electron chi connectivity index (χ0n) is 12.5. The highest BCUT2D eigenvalue weighted by Crippen LogP contribution is 2.04. The minimum Gasteiger partial charge on any atom is -0.395 e. The van der Waals surface area contributed by atoms with Gasteiger partial charge in [0.15, 0.2) is 0 Å². The van der Waals surface area contributed by atoms with E-state index >= 15 is 0 Å². The van der Waals surface area contributed by atoms with Gasteiger partial charge >= 0.3 is 0 Å². The molecule has 2 N–H and O–H groups in total. The first-order valence-corrected chi connectivity index (χ1v) is 7.26. The van der Waals surface area contributed by atoms with Crippen LogP contribution in [0.2, 0.25) is 0 Å². The van der Waals surface area contributed by atoms with Crippen molar-refractivity contribution in [2.75, 3.05) is 33.3 Å². The second kappa shape index (κ2) is 15.9. The number of amides is 1. The second-order valence-electron chi connectivity index (χ2n) is 4.89. The Labute approximate surface area is 128 Å². The number of nitrogens with zero attached hydrogens (tertiary/aromatic N) is 1. The monoisotopic (exact) mass is 338 g/mol. The van der Waals surface area contributed by atoms with Crippen molar-refractivity contribution in [1.82, 2.24) is 10.2 Å². The van der Waals surface area contributed by atoms with Gasteiger partial charge in [0.1, 0.15) is 0 Å². The molecular weight excluding hydrogens is 308 g/mol. The molecule has 0 rings (SSSR count). The van der Waals surface area contributed by atoms with Gasteiger partial charge < -0.3 is 15.3 Å². The molecule has 0 radical (unpaired) electrons. The fraction of sp³-hybridized carbons (Fsp3) is 0.929. The van der Waals surface area contributed by atoms with E-state index in [2.05, 4.69) is 17.1 Å². The van der Waals surface area contributed by atoms with Crippen LogP contribution in [0, 0.1) is 0 Å². The molecule has 0 spiro atoms. The van der Waals surface area contributed by atoms with E-state index in [0.29, 0.717) is 13.0 Å². The Morgan fingerprint density at radius 3 is 2.42 bits per heavy atom. The fourth-order valence-corrected chi connectivity index (χ4v) is 1.84. The maximum atomic E-state index is 11.5. The van der Waals surface area contributed by atoms with Crippen LogP contribution in [0.5, 0.6) is 0 Å². The Morgan fingerprint density at radius 1 is 1.11 bits per heavy atom. The number of nitrogens with one attached hydrogen (secondary N) is 1. The van der Waals surface area contributed by atoms with E-state index in [1.165, 1.54) is 25.7 Å². The molecule has 0 aromatic heterocycles. The molecule has 116 valence electrons. The summed E-state index contributed by atoms with van der Waals surface area (Å²) in [6, 6.07) is 0. The van der Waals surface area contributed by atoms with Gasteiger partial charge in [0, 0.05) is 19.5 Å². The summed E-state index contributed by atoms with van der Waals surface area (Å²) < 4.78 is 0. The predicted molar refractivity (Wildman–Crippen MR) is 85.9 cm³/mol. The minimum atomic E-state index is 0. The maximum Gasteiger partial charge on any atom is 0.219 e. The van der Waals surface area contributed by atoms with Gasteiger partial charge in [-0.25, -0.2) is 0 Å². The molecule has 0 aliphatic rings. The van der Waals surface area contributed by atoms with Gasteiger partial charge in [0.05, 0.1) is 6.61 Å². The van der Waals surface area contributed by atoms with E-state index in [9.17, 15) is 4.79 Å². The molecule has 0 aliphatic heterocycles. The van der Waals surface area contributed by atoms with E-state index in [1.54, 1.807) is 0 Å². The Balaban J connectivity index is 0. The average Bonchev–Trinajstić information content (AvgIpc) is 2.35. The molecule has 0 aliphatic carbocycles. The molecule has 5 heteroatoms. The molecular formula is C14H31BrN2O2. The van der Waals surface area contributed by atoms with Gasteiger partial charge in [-0.2, -0.15) is 0 Å². The van der Waals surface area contributed by atoms with Crippen LogP contribution in [-0.4, -0.2) is 49.2 Å². The molecule has 0 saturated carbocycles. The smallest absolute Gasteiger partial charge is 0.219 e. The second-order valence-corrected chi connectivity index (χ2v) is 4.89. The largest absolute Gasteiger partial charge is 0.395 e. The minimum absolute atomic E-state index is 0. The highest BCUT2D eigenvalue weighted by Gasteiger charge is 2.01. The fourth-order valence-electron chi connectivity index (χ4n) is 1.84. The van der Waals surface area contributed by atoms with Crippen LogP contribution >= 0.6 is 17.0 Å². The van der Waals surface area contributed by atoms with Crippen molar-refractivity contribution in [3.63, 3.8) is 0 Å². The van der Waals surface area contributed by atoms with Crippen molar-refractivity contribution in [1.29, 1.82) is 0 Å². The summed E-state index contributed by atoms with van der Waals surface area (Å²) in [5, 5.41) is 11.7. The third-order valence-electron chi connectivity index (χ3n) is 3.03. The first kappa shape index (κ1) is 21.2. The molecule has 0 heterocycles. The van der Waals surface area contributed by atoms with Crippen molar-refractivity contribution < 1.29 is 9.90 Å². The molecule has 0 fully saturated rings. The van der Waals surface area contributed by atoms with E-state index in [1.807, 2.05) is 7.05 Å². The van der Waals surface area contributed by atoms with Crippen LogP contribution in [0.25, 0.3) is 0 Å². The zero-order valence-corrected chi connectivity index (χ0v) is 14.2. The number of aliphatic hydroxyl groups is 1. The van der Waals surface area contributed by atoms with E-state index in [-0.39, 0.29) is 29.5 Å². The first-order chi connectivity index (χ1) is 8.70. The lowest BCUT2D eigenvalue weighted by molar-refractivity contribution is -0.121. The Kier molecular flexibility index (Phi) is 17.7. The summed E-state index contributed by atoms with van der Waals surface area (Å²) in [5.74, 6) is 0.177. The Hall–Kier alpha value is -0.130. The average molecular weight is 339 g/mol. The third-order valence-corrected chi connectivity index (χ3v) is 3.03. The summed E-state index contributed by atoms with van der Waals surface area (Å²) in [4.78, 5) is 13.5. The summed E-state index contributed by atoms with van der Waals surface area (Å²) in [6.45, 7) is 4.74. The molecule has 0 aromatic rings. The number of hydrogen-bond donors (Lipinski definition) is 2. The summed E-state index contributed by atoms with van der Waals surface area (Å²) in [6.07, 6.45) is 7.55. The van der Waals surface area contributed by atoms with Crippen molar-refractivity contribution in [3.8, 4) is 0 Å². The van der Waals surface area contributed by atoms with Crippen LogP contribution in [-0.2, 0) is 4.79 Å². The highest BCUT2D eigenvalue weighted by molar-refractivity contribution is 8.93. The number of carbonyl (C=O) groups excluding carboxylic acids is 1. The molecule has 0 aromatic carbocycles. The van der Waals surface area contributed by atoms with Crippen LogP contribution in [0.3, 0.4) is 0 Å². The molecule has 0 bridgehead atoms. The lowest BCUT2D eigenvalue weighted by atomic mass is 10.1. The lowest BCUT2D eigenvalue weighted by Crippen LogP contribution is -2.29. The number of rotatable bonds is 12. The number of aliphatic hydroxyl groups excluding tert-OH is 1. The Morgan fingerprint density at radius 2 is 1.79 bits per heavy atom. The number of unbranched alkanes of at least 4 members (excludes halogenated alkanes) is 4. The topological polar surface area (TPSA) is 52.6 Å². The molecule has 1 amide bonds. The number of halogens is 1. The zero-order chi connectivity index (χ0) is 13.6. The molecule has 19 heavy (non-hydrogen) atoms. The lowest BCUT2D eigenvalue weighted by Gasteiger charge is -2.14. The predicted octanol–water partition coefficient (Wildman–Crippen LogP) is 2.36. The van der Waals surface area contributed by atoms with Crippen molar-refractivity contribution in [2.45, 2.75) is 51.9 Å². The Bertz CT molecular complexity index is 204. The van der Waals surface area contributed by atoms with Gasteiger partial charge in [-0.1, -0.05) is 32.6 Å². The van der Waals surface area contributed by atoms with E-state index in [0.717, 1.165) is 25.9 Å². The normalized spacial score (nSPS) is 10.3. The standard InChI is InChI=1S/C14H30N2O2.BrH/c1-3-4-5-6-7-9-14(18)15-10-8-11-16(2)12-13-17;/h17H,3-13H2,1-2H3,(H,15,18);1H. The summed E-state index contributed by atoms with van der Waals surface area (Å²) in [5.41, 5.74) is 0. The maximum absolute atomic E-state index is 11.5. The SMILES string of the molecule is Br.CCCCCCCC(=O)NCCCN(C)CCO. The van der Waals surface area contributed by atoms with Gasteiger partial charge in [-0.15, -0.1) is 17.0 Å². The highest BCUT2D eigenvalue weighted by atomic mass is 79.9. The van der Waals surface area contributed by atoms with E-state index in [4.69, 9.17) is 5.11 Å². The molecule has 0 atom stereocenters. The molecule has 0 saturated heterocycles. The molecule has 0 unspecified atom stereocenters. The van der Waals surface area contributed by atoms with Crippen molar-refractivity contribution in [3.05, 3.63) is 0 Å². The van der Waals surface area contributed by atoms with Crippen LogP contribution in [0.15, 0.2) is 0 Å². The van der Waals surface area contributed by atoms with Gasteiger partial charge in [0.25, 0.3) is 0 Å². The third kappa shape index (κ3) is 15.8. The van der Waals surface area contributed by atoms with Gasteiger partial charge in [-0.05, 0) is 26.4 Å². The van der Waals surface area contributed by atoms with Gasteiger partial charge in [0.2, 0.25) is 5.91 Å². The van der Waals surface area contributed by atoms with Crippen LogP contribution in [0.1, 0.15) is 51.9 Å². The van der Waals surface area contributed by atoms with Crippen LogP contribution in [0.4, 0.5) is 0 Å². The quantitative estimate of drug-likeness (QED) is 0.537. The van der Waals surface area contributed by atoms with E-state index < -0.39 is 0 Å². The summed E-state index contributed by atoms with van der Waals surface area (Å²) >= 11 is 0. The van der Waals surface area contributed by atoms with Crippen molar-refractivity contribution >= 4 is 22.9 Å².